The third-order valence-corrected chi connectivity index (χ3v) is 9.82. The second-order valence-corrected chi connectivity index (χ2v) is 16.3. The maximum absolute atomic E-state index is 3.78. The van der Waals surface area contributed by atoms with Crippen molar-refractivity contribution >= 4 is 22.1 Å². The molecule has 1 unspecified atom stereocenters. The zero-order valence-corrected chi connectivity index (χ0v) is 17.2. The van der Waals surface area contributed by atoms with Crippen LogP contribution in [0.2, 0.25) is 19.6 Å². The molecule has 22 heavy (non-hydrogen) atoms. The molecule has 0 aliphatic heterocycles. The van der Waals surface area contributed by atoms with Gasteiger partial charge in [-0.1, -0.05) is 77.7 Å². The van der Waals surface area contributed by atoms with Gasteiger partial charge >= 0.3 is 0 Å². The van der Waals surface area contributed by atoms with Gasteiger partial charge in [0.05, 0.1) is 8.07 Å². The molecule has 0 radical (unpaired) electrons. The van der Waals surface area contributed by atoms with Crippen molar-refractivity contribution in [1.82, 2.24) is 5.32 Å². The monoisotopic (exact) mass is 329 g/mol. The summed E-state index contributed by atoms with van der Waals surface area (Å²) in [4.78, 5) is 0. The Labute approximate surface area is 139 Å². The minimum absolute atomic E-state index is 0.186. The van der Waals surface area contributed by atoms with Crippen LogP contribution in [0.25, 0.3) is 0 Å². The molecular weight excluding hydrogens is 298 g/mol. The van der Waals surface area contributed by atoms with Crippen molar-refractivity contribution in [1.29, 1.82) is 0 Å². The molecule has 0 heterocycles. The van der Waals surface area contributed by atoms with Crippen LogP contribution < -0.4 is 10.5 Å². The Balaban J connectivity index is 2.37. The van der Waals surface area contributed by atoms with E-state index >= 15 is 0 Å². The molecule has 2 rings (SSSR count). The molecule has 0 aromatic heterocycles. The normalized spacial score (nSPS) is 17.2. The highest BCUT2D eigenvalue weighted by Gasteiger charge is 2.29. The molecule has 1 aromatic carbocycles. The van der Waals surface area contributed by atoms with Crippen molar-refractivity contribution in [3.05, 3.63) is 52.9 Å². The lowest BCUT2D eigenvalue weighted by molar-refractivity contribution is 0.457. The van der Waals surface area contributed by atoms with E-state index in [1.54, 1.807) is 15.6 Å². The third-order valence-electron chi connectivity index (χ3n) is 4.24. The van der Waals surface area contributed by atoms with Crippen molar-refractivity contribution in [3.8, 4) is 0 Å². The Bertz CT molecular complexity index is 559. The molecule has 1 aliphatic carbocycles. The highest BCUT2D eigenvalue weighted by molar-refractivity contribution is 6.88. The Morgan fingerprint density at radius 1 is 1.09 bits per heavy atom. The van der Waals surface area contributed by atoms with Crippen LogP contribution in [-0.4, -0.2) is 28.6 Å². The van der Waals surface area contributed by atoms with Gasteiger partial charge in [0, 0.05) is 5.54 Å². The van der Waals surface area contributed by atoms with E-state index in [2.05, 4.69) is 88.2 Å². The minimum atomic E-state index is -1.26. The predicted molar refractivity (Wildman–Crippen MR) is 105 cm³/mol. The SMILES string of the molecule is CC(C)(C)NC[SiH](C1=C([Si](C)(C)C)C=CC1)c1ccccc1. The zero-order valence-electron chi connectivity index (χ0n) is 15.0. The predicted octanol–water partition coefficient (Wildman–Crippen LogP) is 3.72. The summed E-state index contributed by atoms with van der Waals surface area (Å²) in [6.07, 6.45) is 7.15. The fourth-order valence-corrected chi connectivity index (χ4v) is 9.90. The van der Waals surface area contributed by atoms with Gasteiger partial charge in [-0.2, -0.15) is 0 Å². The fraction of sp³-hybridized carbons (Fsp3) is 0.474. The summed E-state index contributed by atoms with van der Waals surface area (Å²) in [5.41, 5.74) is 0.186. The van der Waals surface area contributed by atoms with Crippen molar-refractivity contribution in [2.75, 3.05) is 6.17 Å². The standard InChI is InChI=1S/C19H31NSi2/c1-19(2,3)20-15-21(16-11-8-7-9-12-16)17-13-10-14-18(17)22(4,5)6/h7-12,14,20-21H,13,15H2,1-6H3. The van der Waals surface area contributed by atoms with Crippen LogP contribution in [0.1, 0.15) is 27.2 Å². The number of rotatable bonds is 5. The average Bonchev–Trinajstić information content (AvgIpc) is 2.88. The first-order valence-electron chi connectivity index (χ1n) is 8.38. The van der Waals surface area contributed by atoms with E-state index in [1.165, 1.54) is 6.42 Å². The van der Waals surface area contributed by atoms with Gasteiger partial charge in [0.2, 0.25) is 0 Å². The van der Waals surface area contributed by atoms with Crippen molar-refractivity contribution in [2.24, 2.45) is 0 Å². The molecule has 0 spiro atoms. The summed E-state index contributed by atoms with van der Waals surface area (Å²) >= 11 is 0. The summed E-state index contributed by atoms with van der Waals surface area (Å²) < 4.78 is 0. The maximum Gasteiger partial charge on any atom is 0.111 e. The molecule has 1 atom stereocenters. The molecule has 3 heteroatoms. The summed E-state index contributed by atoms with van der Waals surface area (Å²) in [5, 5.41) is 8.85. The van der Waals surface area contributed by atoms with E-state index in [1.807, 2.05) is 0 Å². The van der Waals surface area contributed by atoms with Crippen LogP contribution in [0.5, 0.6) is 0 Å². The maximum atomic E-state index is 3.78. The lowest BCUT2D eigenvalue weighted by Gasteiger charge is -2.28. The van der Waals surface area contributed by atoms with Crippen molar-refractivity contribution < 1.29 is 0 Å². The van der Waals surface area contributed by atoms with Gasteiger partial charge < -0.3 is 5.32 Å². The van der Waals surface area contributed by atoms with E-state index in [9.17, 15) is 0 Å². The lowest BCUT2D eigenvalue weighted by Crippen LogP contribution is -2.49. The van der Waals surface area contributed by atoms with Crippen LogP contribution in [0.4, 0.5) is 0 Å². The summed E-state index contributed by atoms with van der Waals surface area (Å²) in [5.74, 6) is 0. The zero-order chi connectivity index (χ0) is 16.4. The van der Waals surface area contributed by atoms with Gasteiger partial charge in [0.25, 0.3) is 0 Å². The van der Waals surface area contributed by atoms with E-state index in [0.717, 1.165) is 6.17 Å². The topological polar surface area (TPSA) is 12.0 Å². The minimum Gasteiger partial charge on any atom is -0.314 e. The summed E-state index contributed by atoms with van der Waals surface area (Å²) in [6.45, 7) is 14.2. The summed E-state index contributed by atoms with van der Waals surface area (Å²) in [7, 11) is -2.42. The van der Waals surface area contributed by atoms with Crippen LogP contribution in [0.15, 0.2) is 52.9 Å². The second kappa shape index (κ2) is 6.69. The highest BCUT2D eigenvalue weighted by Crippen LogP contribution is 2.29. The first kappa shape index (κ1) is 17.4. The molecule has 1 N–H and O–H groups in total. The average molecular weight is 330 g/mol. The molecule has 1 nitrogen and oxygen atoms in total. The van der Waals surface area contributed by atoms with Gasteiger partial charge in [0.15, 0.2) is 0 Å². The molecule has 0 saturated heterocycles. The second-order valence-electron chi connectivity index (χ2n) is 8.39. The Hall–Kier alpha value is -0.906. The highest BCUT2D eigenvalue weighted by atomic mass is 28.3. The molecular formula is C19H31NSi2. The summed E-state index contributed by atoms with van der Waals surface area (Å²) in [6, 6.07) is 11.2. The van der Waals surface area contributed by atoms with Gasteiger partial charge in [-0.25, -0.2) is 0 Å². The number of hydrogen-bond acceptors (Lipinski definition) is 1. The smallest absolute Gasteiger partial charge is 0.111 e. The molecule has 0 saturated carbocycles. The molecule has 0 amide bonds. The van der Waals surface area contributed by atoms with Crippen LogP contribution in [0.3, 0.4) is 0 Å². The van der Waals surface area contributed by atoms with E-state index < -0.39 is 16.9 Å². The van der Waals surface area contributed by atoms with Crippen LogP contribution >= 0.6 is 0 Å². The van der Waals surface area contributed by atoms with Gasteiger partial charge in [-0.15, -0.1) is 0 Å². The molecule has 0 fully saturated rings. The first-order chi connectivity index (χ1) is 10.2. The van der Waals surface area contributed by atoms with Crippen LogP contribution in [0, 0.1) is 0 Å². The van der Waals surface area contributed by atoms with Gasteiger partial charge in [-0.3, -0.25) is 0 Å². The molecule has 1 aromatic rings. The van der Waals surface area contributed by atoms with Crippen molar-refractivity contribution in [2.45, 2.75) is 52.4 Å². The first-order valence-corrected chi connectivity index (χ1v) is 13.9. The quantitative estimate of drug-likeness (QED) is 0.812. The van der Waals surface area contributed by atoms with Crippen molar-refractivity contribution in [3.63, 3.8) is 0 Å². The number of nitrogens with one attached hydrogen (secondary N) is 1. The Morgan fingerprint density at radius 2 is 1.73 bits per heavy atom. The molecule has 0 bridgehead atoms. The molecule has 120 valence electrons. The molecule has 1 aliphatic rings. The fourth-order valence-electron chi connectivity index (χ4n) is 3.12. The number of allylic oxidation sites excluding steroid dienone is 4. The van der Waals surface area contributed by atoms with E-state index in [-0.39, 0.29) is 5.54 Å². The lowest BCUT2D eigenvalue weighted by atomic mass is 10.1. The number of benzene rings is 1. The van der Waals surface area contributed by atoms with E-state index in [4.69, 9.17) is 0 Å². The Kier molecular flexibility index (Phi) is 5.30. The van der Waals surface area contributed by atoms with E-state index in [0.29, 0.717) is 0 Å². The van der Waals surface area contributed by atoms with Gasteiger partial charge in [-0.05, 0) is 33.4 Å². The third kappa shape index (κ3) is 4.54. The largest absolute Gasteiger partial charge is 0.314 e. The number of hydrogen-bond donors (Lipinski definition) is 1. The van der Waals surface area contributed by atoms with Crippen LogP contribution in [-0.2, 0) is 0 Å². The Morgan fingerprint density at radius 3 is 2.27 bits per heavy atom. The van der Waals surface area contributed by atoms with Gasteiger partial charge in [0.1, 0.15) is 8.80 Å².